The minimum atomic E-state index is 0.178. The van der Waals surface area contributed by atoms with Gasteiger partial charge in [-0.1, -0.05) is 25.1 Å². The fraction of sp³-hybridized carbons (Fsp3) is 0.571. The molecule has 1 unspecified atom stereocenters. The van der Waals surface area contributed by atoms with E-state index in [1.807, 2.05) is 32.0 Å². The third-order valence-corrected chi connectivity index (χ3v) is 3.49. The van der Waals surface area contributed by atoms with Gasteiger partial charge in [0.2, 0.25) is 0 Å². The Labute approximate surface area is 103 Å². The molecule has 0 aliphatic heterocycles. The number of rotatable bonds is 5. The molecule has 1 aromatic rings. The van der Waals surface area contributed by atoms with Gasteiger partial charge in [-0.2, -0.15) is 0 Å². The zero-order valence-corrected chi connectivity index (χ0v) is 10.9. The molecule has 0 amide bonds. The Bertz CT molecular complexity index is 386. The molecular formula is C14H22N2O. The SMILES string of the molecule is CC(C)Oc1ccccc1C(NN)C1(C)CC1. The highest BCUT2D eigenvalue weighted by Gasteiger charge is 2.46. The van der Waals surface area contributed by atoms with Gasteiger partial charge in [0, 0.05) is 5.56 Å². The van der Waals surface area contributed by atoms with Crippen molar-refractivity contribution < 1.29 is 4.74 Å². The molecule has 17 heavy (non-hydrogen) atoms. The van der Waals surface area contributed by atoms with E-state index in [4.69, 9.17) is 10.6 Å². The molecule has 0 saturated heterocycles. The average Bonchev–Trinajstić information content (AvgIpc) is 3.00. The van der Waals surface area contributed by atoms with E-state index < -0.39 is 0 Å². The van der Waals surface area contributed by atoms with Crippen molar-refractivity contribution >= 4 is 0 Å². The third kappa shape index (κ3) is 2.61. The molecule has 1 aliphatic carbocycles. The second-order valence-corrected chi connectivity index (χ2v) is 5.46. The van der Waals surface area contributed by atoms with Crippen LogP contribution in [0, 0.1) is 5.41 Å². The zero-order valence-electron chi connectivity index (χ0n) is 10.9. The molecule has 1 aliphatic rings. The van der Waals surface area contributed by atoms with Crippen LogP contribution < -0.4 is 16.0 Å². The molecular weight excluding hydrogens is 212 g/mol. The number of nitrogens with one attached hydrogen (secondary N) is 1. The van der Waals surface area contributed by atoms with E-state index in [9.17, 15) is 0 Å². The van der Waals surface area contributed by atoms with Crippen molar-refractivity contribution in [2.45, 2.75) is 45.8 Å². The average molecular weight is 234 g/mol. The lowest BCUT2D eigenvalue weighted by atomic mass is 9.91. The molecule has 2 rings (SSSR count). The van der Waals surface area contributed by atoms with Crippen LogP contribution in [-0.2, 0) is 0 Å². The van der Waals surface area contributed by atoms with Crippen LogP contribution in [0.3, 0.4) is 0 Å². The monoisotopic (exact) mass is 234 g/mol. The van der Waals surface area contributed by atoms with Gasteiger partial charge >= 0.3 is 0 Å². The number of para-hydroxylation sites is 1. The smallest absolute Gasteiger partial charge is 0.124 e. The summed E-state index contributed by atoms with van der Waals surface area (Å²) < 4.78 is 5.86. The third-order valence-electron chi connectivity index (χ3n) is 3.49. The minimum absolute atomic E-state index is 0.178. The van der Waals surface area contributed by atoms with Gasteiger partial charge in [0.1, 0.15) is 5.75 Å². The van der Waals surface area contributed by atoms with Gasteiger partial charge in [-0.25, -0.2) is 0 Å². The summed E-state index contributed by atoms with van der Waals surface area (Å²) in [6.07, 6.45) is 2.62. The predicted octanol–water partition coefficient (Wildman–Crippen LogP) is 2.78. The van der Waals surface area contributed by atoms with E-state index in [2.05, 4.69) is 18.4 Å². The van der Waals surface area contributed by atoms with Crippen LogP contribution in [0.1, 0.15) is 45.2 Å². The van der Waals surface area contributed by atoms with Gasteiger partial charge in [0.05, 0.1) is 12.1 Å². The number of benzene rings is 1. The van der Waals surface area contributed by atoms with E-state index in [-0.39, 0.29) is 17.6 Å². The van der Waals surface area contributed by atoms with E-state index in [1.54, 1.807) is 0 Å². The van der Waals surface area contributed by atoms with Gasteiger partial charge in [-0.05, 0) is 38.2 Å². The summed E-state index contributed by atoms with van der Waals surface area (Å²) in [4.78, 5) is 0. The summed E-state index contributed by atoms with van der Waals surface area (Å²) in [6.45, 7) is 6.35. The van der Waals surface area contributed by atoms with E-state index >= 15 is 0 Å². The molecule has 3 N–H and O–H groups in total. The summed E-state index contributed by atoms with van der Waals surface area (Å²) in [7, 11) is 0. The molecule has 0 aromatic heterocycles. The first-order valence-electron chi connectivity index (χ1n) is 6.28. The Kier molecular flexibility index (Phi) is 3.40. The molecule has 3 nitrogen and oxygen atoms in total. The molecule has 1 fully saturated rings. The first kappa shape index (κ1) is 12.4. The number of ether oxygens (including phenoxy) is 1. The lowest BCUT2D eigenvalue weighted by molar-refractivity contribution is 0.233. The predicted molar refractivity (Wildman–Crippen MR) is 69.6 cm³/mol. The van der Waals surface area contributed by atoms with Gasteiger partial charge in [0.15, 0.2) is 0 Å². The topological polar surface area (TPSA) is 47.3 Å². The maximum absolute atomic E-state index is 5.86. The summed E-state index contributed by atoms with van der Waals surface area (Å²) in [5.41, 5.74) is 4.41. The fourth-order valence-corrected chi connectivity index (χ4v) is 2.23. The summed E-state index contributed by atoms with van der Waals surface area (Å²) in [5, 5.41) is 0. The van der Waals surface area contributed by atoms with Crippen molar-refractivity contribution in [3.63, 3.8) is 0 Å². The maximum Gasteiger partial charge on any atom is 0.124 e. The van der Waals surface area contributed by atoms with Crippen LogP contribution in [0.5, 0.6) is 5.75 Å². The second kappa shape index (κ2) is 4.67. The summed E-state index contributed by atoms with van der Waals surface area (Å²) in [6, 6.07) is 8.34. The summed E-state index contributed by atoms with van der Waals surface area (Å²) in [5.74, 6) is 6.67. The lowest BCUT2D eigenvalue weighted by Gasteiger charge is -2.26. The number of hydrazine groups is 1. The highest BCUT2D eigenvalue weighted by atomic mass is 16.5. The van der Waals surface area contributed by atoms with Gasteiger partial charge in [-0.15, -0.1) is 0 Å². The number of hydrogen-bond acceptors (Lipinski definition) is 3. The van der Waals surface area contributed by atoms with Crippen molar-refractivity contribution in [2.24, 2.45) is 11.3 Å². The molecule has 0 bridgehead atoms. The zero-order chi connectivity index (χ0) is 12.5. The van der Waals surface area contributed by atoms with Crippen molar-refractivity contribution in [1.29, 1.82) is 0 Å². The molecule has 3 heteroatoms. The van der Waals surface area contributed by atoms with Gasteiger partial charge < -0.3 is 4.74 Å². The van der Waals surface area contributed by atoms with Crippen LogP contribution >= 0.6 is 0 Å². The second-order valence-electron chi connectivity index (χ2n) is 5.46. The molecule has 1 saturated carbocycles. The van der Waals surface area contributed by atoms with Crippen molar-refractivity contribution in [2.75, 3.05) is 0 Å². The van der Waals surface area contributed by atoms with Crippen molar-refractivity contribution in [1.82, 2.24) is 5.43 Å². The molecule has 1 atom stereocenters. The standard InChI is InChI=1S/C14H22N2O/c1-10(2)17-12-7-5-4-6-11(12)13(16-15)14(3)8-9-14/h4-7,10,13,16H,8-9,15H2,1-3H3. The Morgan fingerprint density at radius 1 is 1.29 bits per heavy atom. The Hall–Kier alpha value is -1.06. The number of nitrogens with two attached hydrogens (primary N) is 1. The first-order chi connectivity index (χ1) is 8.07. The van der Waals surface area contributed by atoms with Crippen LogP contribution in [0.2, 0.25) is 0 Å². The normalized spacial score (nSPS) is 19.1. The Morgan fingerprint density at radius 3 is 2.47 bits per heavy atom. The molecule has 94 valence electrons. The molecule has 0 heterocycles. The summed E-state index contributed by atoms with van der Waals surface area (Å²) >= 11 is 0. The van der Waals surface area contributed by atoms with Gasteiger partial charge in [-0.3, -0.25) is 11.3 Å². The van der Waals surface area contributed by atoms with Crippen molar-refractivity contribution in [3.8, 4) is 5.75 Å². The fourth-order valence-electron chi connectivity index (χ4n) is 2.23. The van der Waals surface area contributed by atoms with Crippen LogP contribution in [0.25, 0.3) is 0 Å². The quantitative estimate of drug-likeness (QED) is 0.608. The molecule has 0 radical (unpaired) electrons. The van der Waals surface area contributed by atoms with Crippen molar-refractivity contribution in [3.05, 3.63) is 29.8 Å². The molecule has 0 spiro atoms. The highest BCUT2D eigenvalue weighted by molar-refractivity contribution is 5.38. The Morgan fingerprint density at radius 2 is 1.94 bits per heavy atom. The lowest BCUT2D eigenvalue weighted by Crippen LogP contribution is -2.34. The highest BCUT2D eigenvalue weighted by Crippen LogP contribution is 2.55. The largest absolute Gasteiger partial charge is 0.491 e. The van der Waals surface area contributed by atoms with Crippen LogP contribution in [-0.4, -0.2) is 6.10 Å². The number of hydrogen-bond donors (Lipinski definition) is 2. The minimum Gasteiger partial charge on any atom is -0.491 e. The van der Waals surface area contributed by atoms with Crippen LogP contribution in [0.15, 0.2) is 24.3 Å². The van der Waals surface area contributed by atoms with E-state index in [0.717, 1.165) is 5.75 Å². The van der Waals surface area contributed by atoms with E-state index in [0.29, 0.717) is 0 Å². The first-order valence-corrected chi connectivity index (χ1v) is 6.28. The molecule has 1 aromatic carbocycles. The van der Waals surface area contributed by atoms with E-state index in [1.165, 1.54) is 18.4 Å². The van der Waals surface area contributed by atoms with Gasteiger partial charge in [0.25, 0.3) is 0 Å². The maximum atomic E-state index is 5.86. The van der Waals surface area contributed by atoms with Crippen LogP contribution in [0.4, 0.5) is 0 Å². The Balaban J connectivity index is 2.29.